The molecule has 4 rings (SSSR count). The predicted octanol–water partition coefficient (Wildman–Crippen LogP) is 2.93. The van der Waals surface area contributed by atoms with Gasteiger partial charge in [-0.05, 0) is 24.6 Å². The maximum absolute atomic E-state index is 5.82. The van der Waals surface area contributed by atoms with Gasteiger partial charge in [-0.15, -0.1) is 0 Å². The molecule has 1 atom stereocenters. The van der Waals surface area contributed by atoms with Crippen LogP contribution in [0.15, 0.2) is 53.1 Å². The molecule has 0 spiro atoms. The van der Waals surface area contributed by atoms with Crippen LogP contribution in [-0.2, 0) is 6.54 Å². The van der Waals surface area contributed by atoms with Crippen LogP contribution in [-0.4, -0.2) is 40.5 Å². The molecule has 3 aromatic rings. The van der Waals surface area contributed by atoms with E-state index in [1.54, 1.807) is 6.20 Å². The highest BCUT2D eigenvalue weighted by molar-refractivity contribution is 5.69. The molecule has 23 heavy (non-hydrogen) atoms. The van der Waals surface area contributed by atoms with Crippen LogP contribution in [0.1, 0.15) is 12.5 Å². The van der Waals surface area contributed by atoms with E-state index in [-0.39, 0.29) is 0 Å². The lowest BCUT2D eigenvalue weighted by atomic mass is 10.1. The lowest BCUT2D eigenvalue weighted by molar-refractivity contribution is 0.216. The minimum atomic E-state index is 0.362. The summed E-state index contributed by atoms with van der Waals surface area (Å²) in [7, 11) is 0. The van der Waals surface area contributed by atoms with Gasteiger partial charge >= 0.3 is 0 Å². The largest absolute Gasteiger partial charge is 0.404 e. The third-order valence-corrected chi connectivity index (χ3v) is 4.36. The summed E-state index contributed by atoms with van der Waals surface area (Å²) in [6.07, 6.45) is 1.73. The van der Waals surface area contributed by atoms with Gasteiger partial charge in [0.15, 0.2) is 0 Å². The number of hydrogen-bond donors (Lipinski definition) is 0. The molecule has 0 N–H and O–H groups in total. The molecule has 0 aliphatic carbocycles. The van der Waals surface area contributed by atoms with Crippen LogP contribution < -0.4 is 4.90 Å². The van der Waals surface area contributed by atoms with Crippen molar-refractivity contribution < 1.29 is 4.42 Å². The SMILES string of the molecule is CC1CN(Cc2ccccc2)CCN1c1nc2cccnc2o1. The molecule has 0 radical (unpaired) electrons. The minimum Gasteiger partial charge on any atom is -0.404 e. The fourth-order valence-electron chi connectivity index (χ4n) is 3.18. The number of nitrogens with zero attached hydrogens (tertiary/aromatic N) is 4. The topological polar surface area (TPSA) is 45.4 Å². The van der Waals surface area contributed by atoms with Gasteiger partial charge in [0.05, 0.1) is 0 Å². The summed E-state index contributed by atoms with van der Waals surface area (Å²) in [4.78, 5) is 13.5. The van der Waals surface area contributed by atoms with E-state index in [9.17, 15) is 0 Å². The van der Waals surface area contributed by atoms with Crippen LogP contribution in [0.3, 0.4) is 0 Å². The fraction of sp³-hybridized carbons (Fsp3) is 0.333. The Morgan fingerprint density at radius 2 is 2.00 bits per heavy atom. The van der Waals surface area contributed by atoms with E-state index in [0.717, 1.165) is 31.7 Å². The molecule has 5 nitrogen and oxygen atoms in total. The van der Waals surface area contributed by atoms with Gasteiger partial charge in [-0.3, -0.25) is 4.90 Å². The first-order valence-corrected chi connectivity index (χ1v) is 8.04. The van der Waals surface area contributed by atoms with Crippen molar-refractivity contribution in [3.63, 3.8) is 0 Å². The molecule has 1 unspecified atom stereocenters. The first-order chi connectivity index (χ1) is 11.3. The molecular formula is C18H20N4O. The standard InChI is InChI=1S/C18H20N4O/c1-14-12-21(13-15-6-3-2-4-7-15)10-11-22(14)18-20-16-8-5-9-19-17(16)23-18/h2-9,14H,10-13H2,1H3. The number of fused-ring (bicyclic) bond motifs is 1. The smallest absolute Gasteiger partial charge is 0.300 e. The Balaban J connectivity index is 1.46. The Morgan fingerprint density at radius 1 is 1.13 bits per heavy atom. The van der Waals surface area contributed by atoms with E-state index < -0.39 is 0 Å². The molecule has 1 aliphatic heterocycles. The van der Waals surface area contributed by atoms with Crippen LogP contribution >= 0.6 is 0 Å². The van der Waals surface area contributed by atoms with E-state index in [1.807, 2.05) is 12.1 Å². The first-order valence-electron chi connectivity index (χ1n) is 8.04. The number of aromatic nitrogens is 2. The third-order valence-electron chi connectivity index (χ3n) is 4.36. The lowest BCUT2D eigenvalue weighted by Crippen LogP contribution is -2.51. The Kier molecular flexibility index (Phi) is 3.71. The summed E-state index contributed by atoms with van der Waals surface area (Å²) in [5.41, 5.74) is 2.79. The van der Waals surface area contributed by atoms with Crippen molar-refractivity contribution in [1.29, 1.82) is 0 Å². The molecule has 3 heterocycles. The van der Waals surface area contributed by atoms with Gasteiger partial charge in [-0.1, -0.05) is 30.3 Å². The summed E-state index contributed by atoms with van der Waals surface area (Å²) < 4.78 is 5.82. The summed E-state index contributed by atoms with van der Waals surface area (Å²) in [6, 6.07) is 15.5. The minimum absolute atomic E-state index is 0.362. The van der Waals surface area contributed by atoms with Gasteiger partial charge in [0.1, 0.15) is 5.52 Å². The summed E-state index contributed by atoms with van der Waals surface area (Å²) in [5.74, 6) is 0. The second kappa shape index (κ2) is 6.01. The van der Waals surface area contributed by atoms with Crippen LogP contribution in [0.2, 0.25) is 0 Å². The molecule has 1 aliphatic rings. The van der Waals surface area contributed by atoms with E-state index in [2.05, 4.69) is 57.0 Å². The third kappa shape index (κ3) is 2.92. The summed E-state index contributed by atoms with van der Waals surface area (Å²) in [6.45, 7) is 6.14. The zero-order chi connectivity index (χ0) is 15.6. The van der Waals surface area contributed by atoms with Gasteiger partial charge < -0.3 is 9.32 Å². The van der Waals surface area contributed by atoms with Crippen molar-refractivity contribution in [2.45, 2.75) is 19.5 Å². The molecule has 118 valence electrons. The molecule has 0 bridgehead atoms. The number of piperazine rings is 1. The quantitative estimate of drug-likeness (QED) is 0.744. The molecule has 0 amide bonds. The molecule has 1 aromatic carbocycles. The molecular weight excluding hydrogens is 288 g/mol. The highest BCUT2D eigenvalue weighted by atomic mass is 16.4. The zero-order valence-electron chi connectivity index (χ0n) is 13.2. The monoisotopic (exact) mass is 308 g/mol. The Bertz CT molecular complexity index is 753. The maximum Gasteiger partial charge on any atom is 0.300 e. The molecule has 2 aromatic heterocycles. The number of hydrogen-bond acceptors (Lipinski definition) is 5. The van der Waals surface area contributed by atoms with Crippen LogP contribution in [0.5, 0.6) is 0 Å². The fourth-order valence-corrected chi connectivity index (χ4v) is 3.18. The average Bonchev–Trinajstić information content (AvgIpc) is 2.99. The molecule has 5 heteroatoms. The number of rotatable bonds is 3. The van der Waals surface area contributed by atoms with E-state index in [0.29, 0.717) is 17.8 Å². The number of oxazole rings is 1. The van der Waals surface area contributed by atoms with Gasteiger partial charge in [-0.25, -0.2) is 4.98 Å². The highest BCUT2D eigenvalue weighted by Crippen LogP contribution is 2.24. The van der Waals surface area contributed by atoms with Crippen LogP contribution in [0.4, 0.5) is 6.01 Å². The first kappa shape index (κ1) is 14.2. The number of anilines is 1. The van der Waals surface area contributed by atoms with Gasteiger partial charge in [-0.2, -0.15) is 4.98 Å². The number of pyridine rings is 1. The average molecular weight is 308 g/mol. The summed E-state index contributed by atoms with van der Waals surface area (Å²) in [5, 5.41) is 0. The molecule has 1 saturated heterocycles. The van der Waals surface area contributed by atoms with Gasteiger partial charge in [0.2, 0.25) is 5.71 Å². The van der Waals surface area contributed by atoms with Crippen molar-refractivity contribution in [3.8, 4) is 0 Å². The van der Waals surface area contributed by atoms with E-state index in [4.69, 9.17) is 4.42 Å². The Labute approximate surface area is 135 Å². The van der Waals surface area contributed by atoms with Crippen molar-refractivity contribution in [2.75, 3.05) is 24.5 Å². The van der Waals surface area contributed by atoms with Crippen LogP contribution in [0.25, 0.3) is 11.2 Å². The van der Waals surface area contributed by atoms with Gasteiger partial charge in [0, 0.05) is 38.4 Å². The number of benzene rings is 1. The summed E-state index contributed by atoms with van der Waals surface area (Å²) >= 11 is 0. The normalized spacial score (nSPS) is 19.3. The van der Waals surface area contributed by atoms with Crippen molar-refractivity contribution in [1.82, 2.24) is 14.9 Å². The maximum atomic E-state index is 5.82. The zero-order valence-corrected chi connectivity index (χ0v) is 13.2. The van der Waals surface area contributed by atoms with Crippen LogP contribution in [0, 0.1) is 0 Å². The van der Waals surface area contributed by atoms with E-state index in [1.165, 1.54) is 5.56 Å². The predicted molar refractivity (Wildman–Crippen MR) is 90.3 cm³/mol. The Morgan fingerprint density at radius 3 is 2.78 bits per heavy atom. The highest BCUT2D eigenvalue weighted by Gasteiger charge is 2.27. The van der Waals surface area contributed by atoms with Gasteiger partial charge in [0.25, 0.3) is 6.01 Å². The second-order valence-corrected chi connectivity index (χ2v) is 6.09. The van der Waals surface area contributed by atoms with Crippen molar-refractivity contribution in [2.24, 2.45) is 0 Å². The van der Waals surface area contributed by atoms with Crippen molar-refractivity contribution in [3.05, 3.63) is 54.2 Å². The molecule has 0 saturated carbocycles. The Hall–Kier alpha value is -2.40. The lowest BCUT2D eigenvalue weighted by Gasteiger charge is -2.39. The molecule has 1 fully saturated rings. The second-order valence-electron chi connectivity index (χ2n) is 6.09. The van der Waals surface area contributed by atoms with Crippen molar-refractivity contribution >= 4 is 17.2 Å². The van der Waals surface area contributed by atoms with E-state index >= 15 is 0 Å².